The predicted molar refractivity (Wildman–Crippen MR) is 141 cm³/mol. The van der Waals surface area contributed by atoms with Crippen LogP contribution in [-0.4, -0.2) is 34.2 Å². The lowest BCUT2D eigenvalue weighted by molar-refractivity contribution is -0.203. The first-order valence-electron chi connectivity index (χ1n) is 14.4. The van der Waals surface area contributed by atoms with Crippen LogP contribution >= 0.6 is 11.9 Å². The highest BCUT2D eigenvalue weighted by Gasteiger charge is 2.64. The molecule has 11 atom stereocenters. The second-order valence-electron chi connectivity index (χ2n) is 13.3. The molecule has 4 rings (SSSR count). The van der Waals surface area contributed by atoms with Gasteiger partial charge in [0.05, 0.1) is 12.2 Å². The normalized spacial score (nSPS) is 48.3. The second-order valence-corrected chi connectivity index (χ2v) is 14.8. The SMILES string of the molecule is CC[C@@H]1C2C[C@H](O)CCC2(C)C2CCC3(C)C(CCC3[C@H](C)CCCNSC(C)C)[C@@H]2[C@@H]1O. The fourth-order valence-electron chi connectivity index (χ4n) is 9.86. The Bertz CT molecular complexity index is 658. The second kappa shape index (κ2) is 10.3. The molecule has 4 fully saturated rings. The van der Waals surface area contributed by atoms with Crippen molar-refractivity contribution in [3.63, 3.8) is 0 Å². The molecular weight excluding hydrogens is 426 g/mol. The van der Waals surface area contributed by atoms with Crippen LogP contribution in [0, 0.1) is 52.3 Å². The minimum Gasteiger partial charge on any atom is -0.393 e. The molecule has 33 heavy (non-hydrogen) atoms. The first kappa shape index (κ1) is 26.3. The maximum Gasteiger partial charge on any atom is 0.0605 e. The van der Waals surface area contributed by atoms with Crippen molar-refractivity contribution >= 4 is 11.9 Å². The summed E-state index contributed by atoms with van der Waals surface area (Å²) in [5, 5.41) is 23.0. The van der Waals surface area contributed by atoms with Gasteiger partial charge in [-0.25, -0.2) is 0 Å². The zero-order valence-corrected chi connectivity index (χ0v) is 23.2. The molecule has 6 unspecified atom stereocenters. The predicted octanol–water partition coefficient (Wildman–Crippen LogP) is 6.68. The van der Waals surface area contributed by atoms with Crippen molar-refractivity contribution in [2.45, 2.75) is 123 Å². The molecule has 0 heterocycles. The summed E-state index contributed by atoms with van der Waals surface area (Å²) in [4.78, 5) is 0. The van der Waals surface area contributed by atoms with Gasteiger partial charge in [-0.3, -0.25) is 4.72 Å². The number of hydrogen-bond acceptors (Lipinski definition) is 4. The van der Waals surface area contributed by atoms with Crippen molar-refractivity contribution in [2.24, 2.45) is 52.3 Å². The zero-order valence-electron chi connectivity index (χ0n) is 22.4. The molecule has 0 radical (unpaired) electrons. The lowest BCUT2D eigenvalue weighted by Crippen LogP contribution is -2.62. The average molecular weight is 480 g/mol. The molecule has 0 saturated heterocycles. The van der Waals surface area contributed by atoms with Crippen molar-refractivity contribution < 1.29 is 10.2 Å². The van der Waals surface area contributed by atoms with Crippen LogP contribution in [0.3, 0.4) is 0 Å². The van der Waals surface area contributed by atoms with E-state index in [4.69, 9.17) is 0 Å². The van der Waals surface area contributed by atoms with E-state index in [1.165, 1.54) is 38.5 Å². The highest BCUT2D eigenvalue weighted by Crippen LogP contribution is 2.69. The molecule has 3 N–H and O–H groups in total. The molecule has 0 aliphatic heterocycles. The van der Waals surface area contributed by atoms with Gasteiger partial charge in [-0.05, 0) is 110 Å². The van der Waals surface area contributed by atoms with Gasteiger partial charge in [0, 0.05) is 11.8 Å². The number of nitrogens with one attached hydrogen (secondary N) is 1. The van der Waals surface area contributed by atoms with Crippen LogP contribution in [0.1, 0.15) is 106 Å². The lowest BCUT2D eigenvalue weighted by atomic mass is 9.41. The van der Waals surface area contributed by atoms with Crippen molar-refractivity contribution in [3.8, 4) is 0 Å². The molecule has 4 saturated carbocycles. The van der Waals surface area contributed by atoms with Gasteiger partial charge in [0.15, 0.2) is 0 Å². The molecule has 0 aromatic rings. The molecule has 3 nitrogen and oxygen atoms in total. The minimum atomic E-state index is -0.167. The summed E-state index contributed by atoms with van der Waals surface area (Å²) in [6.07, 6.45) is 11.7. The van der Waals surface area contributed by atoms with Gasteiger partial charge in [0.25, 0.3) is 0 Å². The van der Waals surface area contributed by atoms with E-state index in [0.29, 0.717) is 45.7 Å². The van der Waals surface area contributed by atoms with Crippen LogP contribution in [0.4, 0.5) is 0 Å². The van der Waals surface area contributed by atoms with Gasteiger partial charge in [-0.15, -0.1) is 0 Å². The summed E-state index contributed by atoms with van der Waals surface area (Å²) >= 11 is 1.86. The van der Waals surface area contributed by atoms with E-state index in [-0.39, 0.29) is 12.2 Å². The van der Waals surface area contributed by atoms with Crippen LogP contribution in [0.5, 0.6) is 0 Å². The molecule has 4 aliphatic rings. The lowest BCUT2D eigenvalue weighted by Gasteiger charge is -2.64. The molecule has 4 aliphatic carbocycles. The first-order chi connectivity index (χ1) is 15.6. The van der Waals surface area contributed by atoms with Crippen LogP contribution in [0.25, 0.3) is 0 Å². The Balaban J connectivity index is 1.48. The van der Waals surface area contributed by atoms with Gasteiger partial charge in [0.1, 0.15) is 0 Å². The molecule has 0 amide bonds. The molecule has 0 aromatic carbocycles. The summed E-state index contributed by atoms with van der Waals surface area (Å²) in [6.45, 7) is 15.6. The number of rotatable bonds is 8. The number of hydrogen-bond donors (Lipinski definition) is 3. The Morgan fingerprint density at radius 1 is 0.939 bits per heavy atom. The Morgan fingerprint density at radius 2 is 1.64 bits per heavy atom. The smallest absolute Gasteiger partial charge is 0.0605 e. The third kappa shape index (κ3) is 4.69. The maximum atomic E-state index is 11.8. The van der Waals surface area contributed by atoms with E-state index in [1.807, 2.05) is 11.9 Å². The minimum absolute atomic E-state index is 0.153. The third-order valence-corrected chi connectivity index (χ3v) is 12.3. The van der Waals surface area contributed by atoms with Gasteiger partial charge in [-0.2, -0.15) is 0 Å². The van der Waals surface area contributed by atoms with Gasteiger partial charge in [0.2, 0.25) is 0 Å². The average Bonchev–Trinajstić information content (AvgIpc) is 3.12. The molecule has 4 heteroatoms. The molecule has 0 spiro atoms. The van der Waals surface area contributed by atoms with Crippen LogP contribution in [-0.2, 0) is 0 Å². The number of aliphatic hydroxyl groups excluding tert-OH is 2. The number of fused-ring (bicyclic) bond motifs is 5. The molecular formula is C29H53NO2S. The summed E-state index contributed by atoms with van der Waals surface area (Å²) in [5.74, 6) is 4.27. The van der Waals surface area contributed by atoms with Crippen LogP contribution < -0.4 is 4.72 Å². The first-order valence-corrected chi connectivity index (χ1v) is 15.3. The summed E-state index contributed by atoms with van der Waals surface area (Å²) in [6, 6.07) is 0. The van der Waals surface area contributed by atoms with E-state index in [9.17, 15) is 10.2 Å². The highest BCUT2D eigenvalue weighted by atomic mass is 32.2. The van der Waals surface area contributed by atoms with Crippen molar-refractivity contribution in [1.29, 1.82) is 0 Å². The maximum absolute atomic E-state index is 11.8. The number of aliphatic hydroxyl groups is 2. The largest absolute Gasteiger partial charge is 0.393 e. The Hall–Kier alpha value is 0.230. The Morgan fingerprint density at radius 3 is 2.33 bits per heavy atom. The molecule has 0 aromatic heterocycles. The standard InChI is InChI=1S/C29H53NO2S/c1-7-21-25-17-20(31)12-14-29(25,6)24-13-15-28(5)22(10-11-23(28)26(24)27(21)32)19(4)9-8-16-30-33-18(2)3/h18-27,30-32H,7-17H2,1-6H3/t19-,20-,21-,22?,23?,24?,25?,26+,27-,28?,29?/m1/s1. The van der Waals surface area contributed by atoms with Crippen LogP contribution in [0.15, 0.2) is 0 Å². The van der Waals surface area contributed by atoms with Gasteiger partial charge < -0.3 is 10.2 Å². The van der Waals surface area contributed by atoms with Gasteiger partial charge >= 0.3 is 0 Å². The van der Waals surface area contributed by atoms with E-state index < -0.39 is 0 Å². The topological polar surface area (TPSA) is 52.5 Å². The van der Waals surface area contributed by atoms with E-state index in [2.05, 4.69) is 46.3 Å². The van der Waals surface area contributed by atoms with Crippen molar-refractivity contribution in [1.82, 2.24) is 4.72 Å². The Labute approximate surface area is 208 Å². The summed E-state index contributed by atoms with van der Waals surface area (Å²) in [7, 11) is 0. The quantitative estimate of drug-likeness (QED) is 0.269. The van der Waals surface area contributed by atoms with Gasteiger partial charge in [-0.1, -0.05) is 59.9 Å². The zero-order chi connectivity index (χ0) is 24.0. The molecule has 0 bridgehead atoms. The summed E-state index contributed by atoms with van der Waals surface area (Å²) < 4.78 is 3.55. The molecule has 192 valence electrons. The van der Waals surface area contributed by atoms with Crippen molar-refractivity contribution in [3.05, 3.63) is 0 Å². The monoisotopic (exact) mass is 479 g/mol. The van der Waals surface area contributed by atoms with Crippen molar-refractivity contribution in [2.75, 3.05) is 6.54 Å². The van der Waals surface area contributed by atoms with E-state index in [0.717, 1.165) is 44.1 Å². The fraction of sp³-hybridized carbons (Fsp3) is 1.00. The Kier molecular flexibility index (Phi) is 8.21. The fourth-order valence-corrected chi connectivity index (χ4v) is 10.5. The highest BCUT2D eigenvalue weighted by molar-refractivity contribution is 7.97. The van der Waals surface area contributed by atoms with E-state index in [1.54, 1.807) is 0 Å². The van der Waals surface area contributed by atoms with Crippen LogP contribution in [0.2, 0.25) is 0 Å². The third-order valence-electron chi connectivity index (χ3n) is 11.4. The van der Waals surface area contributed by atoms with E-state index >= 15 is 0 Å². The summed E-state index contributed by atoms with van der Waals surface area (Å²) in [5.41, 5.74) is 0.714.